The van der Waals surface area contributed by atoms with Crippen LogP contribution in [0.25, 0.3) is 0 Å². The Hall–Kier alpha value is -2.36. The lowest BCUT2D eigenvalue weighted by molar-refractivity contribution is -0.122. The number of hydrogen-bond donors (Lipinski definition) is 1. The summed E-state index contributed by atoms with van der Waals surface area (Å²) in [5.74, 6) is 1.05. The number of aromatic nitrogens is 1. The van der Waals surface area contributed by atoms with Crippen molar-refractivity contribution in [2.24, 2.45) is 0 Å². The Morgan fingerprint density at radius 3 is 2.68 bits per heavy atom. The second-order valence-corrected chi connectivity index (χ2v) is 6.69. The van der Waals surface area contributed by atoms with E-state index in [0.29, 0.717) is 6.54 Å². The van der Waals surface area contributed by atoms with Crippen LogP contribution >= 0.6 is 0 Å². The standard InChI is InChI=1S/C21H27N3O/c1-2-8-19(18-9-4-3-5-10-18)21(25)23-16-17-11-12-22-20(15-17)24-13-6-7-14-24/h3-5,9-12,15,19H,2,6-8,13-14,16H2,1H3,(H,23,25). The van der Waals surface area contributed by atoms with Crippen LogP contribution in [0.1, 0.15) is 49.7 Å². The van der Waals surface area contributed by atoms with Crippen LogP contribution in [0.2, 0.25) is 0 Å². The molecule has 1 atom stereocenters. The van der Waals surface area contributed by atoms with Crippen molar-refractivity contribution in [1.82, 2.24) is 10.3 Å². The van der Waals surface area contributed by atoms with Gasteiger partial charge in [0.1, 0.15) is 5.82 Å². The molecule has 0 aliphatic carbocycles. The number of hydrogen-bond acceptors (Lipinski definition) is 3. The SMILES string of the molecule is CCCC(C(=O)NCc1ccnc(N2CCCC2)c1)c1ccccc1. The molecule has 1 aromatic heterocycles. The summed E-state index contributed by atoms with van der Waals surface area (Å²) in [7, 11) is 0. The Kier molecular flexibility index (Phi) is 6.04. The van der Waals surface area contributed by atoms with Crippen molar-refractivity contribution in [2.45, 2.75) is 45.1 Å². The molecular formula is C21H27N3O. The van der Waals surface area contributed by atoms with E-state index < -0.39 is 0 Å². The highest BCUT2D eigenvalue weighted by molar-refractivity contribution is 5.83. The fraction of sp³-hybridized carbons (Fsp3) is 0.429. The molecule has 2 aromatic rings. The molecule has 1 N–H and O–H groups in total. The fourth-order valence-electron chi connectivity index (χ4n) is 3.43. The van der Waals surface area contributed by atoms with E-state index in [0.717, 1.165) is 42.9 Å². The van der Waals surface area contributed by atoms with E-state index in [9.17, 15) is 4.79 Å². The van der Waals surface area contributed by atoms with Crippen LogP contribution in [0, 0.1) is 0 Å². The molecule has 3 rings (SSSR count). The molecule has 0 saturated carbocycles. The molecule has 1 unspecified atom stereocenters. The maximum atomic E-state index is 12.7. The van der Waals surface area contributed by atoms with Crippen LogP contribution in [-0.2, 0) is 11.3 Å². The van der Waals surface area contributed by atoms with Gasteiger partial charge >= 0.3 is 0 Å². The van der Waals surface area contributed by atoms with Gasteiger partial charge in [-0.2, -0.15) is 0 Å². The van der Waals surface area contributed by atoms with Gasteiger partial charge in [-0.05, 0) is 42.5 Å². The number of benzene rings is 1. The number of rotatable bonds is 7. The van der Waals surface area contributed by atoms with Crippen molar-refractivity contribution in [1.29, 1.82) is 0 Å². The van der Waals surface area contributed by atoms with Gasteiger partial charge in [-0.1, -0.05) is 43.7 Å². The van der Waals surface area contributed by atoms with Crippen LogP contribution < -0.4 is 10.2 Å². The minimum atomic E-state index is -0.0777. The molecule has 0 bridgehead atoms. The van der Waals surface area contributed by atoms with E-state index in [2.05, 4.69) is 28.2 Å². The van der Waals surface area contributed by atoms with Crippen LogP contribution in [0.3, 0.4) is 0 Å². The van der Waals surface area contributed by atoms with Crippen molar-refractivity contribution >= 4 is 11.7 Å². The monoisotopic (exact) mass is 337 g/mol. The molecule has 25 heavy (non-hydrogen) atoms. The first kappa shape index (κ1) is 17.5. The first-order valence-corrected chi connectivity index (χ1v) is 9.30. The van der Waals surface area contributed by atoms with Crippen molar-refractivity contribution < 1.29 is 4.79 Å². The summed E-state index contributed by atoms with van der Waals surface area (Å²) in [6, 6.07) is 14.1. The molecular weight excluding hydrogens is 310 g/mol. The molecule has 1 fully saturated rings. The van der Waals surface area contributed by atoms with Gasteiger partial charge < -0.3 is 10.2 Å². The van der Waals surface area contributed by atoms with Crippen molar-refractivity contribution in [3.63, 3.8) is 0 Å². The second kappa shape index (κ2) is 8.65. The third kappa shape index (κ3) is 4.59. The molecule has 2 heterocycles. The average Bonchev–Trinajstić information content (AvgIpc) is 3.20. The lowest BCUT2D eigenvalue weighted by atomic mass is 9.93. The smallest absolute Gasteiger partial charge is 0.227 e. The molecule has 1 amide bonds. The molecule has 4 nitrogen and oxygen atoms in total. The second-order valence-electron chi connectivity index (χ2n) is 6.69. The van der Waals surface area contributed by atoms with Gasteiger partial charge in [-0.25, -0.2) is 4.98 Å². The largest absolute Gasteiger partial charge is 0.357 e. The molecule has 0 radical (unpaired) electrons. The normalized spacial score (nSPS) is 15.2. The number of amides is 1. The molecule has 1 aliphatic heterocycles. The highest BCUT2D eigenvalue weighted by atomic mass is 16.1. The third-order valence-corrected chi connectivity index (χ3v) is 4.80. The summed E-state index contributed by atoms with van der Waals surface area (Å²) >= 11 is 0. The van der Waals surface area contributed by atoms with Gasteiger partial charge in [0.15, 0.2) is 0 Å². The topological polar surface area (TPSA) is 45.2 Å². The Balaban J connectivity index is 1.63. The lowest BCUT2D eigenvalue weighted by Gasteiger charge is -2.18. The van der Waals surface area contributed by atoms with Crippen molar-refractivity contribution in [3.8, 4) is 0 Å². The molecule has 4 heteroatoms. The van der Waals surface area contributed by atoms with E-state index in [1.165, 1.54) is 12.8 Å². The Morgan fingerprint density at radius 2 is 1.96 bits per heavy atom. The van der Waals surface area contributed by atoms with Gasteiger partial charge in [0, 0.05) is 25.8 Å². The Labute approximate surface area is 150 Å². The van der Waals surface area contributed by atoms with E-state index in [1.54, 1.807) is 0 Å². The first-order valence-electron chi connectivity index (χ1n) is 9.30. The number of nitrogens with one attached hydrogen (secondary N) is 1. The highest BCUT2D eigenvalue weighted by Gasteiger charge is 2.19. The number of carbonyl (C=O) groups excluding carboxylic acids is 1. The predicted molar refractivity (Wildman–Crippen MR) is 102 cm³/mol. The van der Waals surface area contributed by atoms with Gasteiger partial charge in [0.2, 0.25) is 5.91 Å². The maximum Gasteiger partial charge on any atom is 0.227 e. The highest BCUT2D eigenvalue weighted by Crippen LogP contribution is 2.22. The Bertz CT molecular complexity index is 681. The van der Waals surface area contributed by atoms with Gasteiger partial charge in [0.25, 0.3) is 0 Å². The predicted octanol–water partition coefficient (Wildman–Crippen LogP) is 3.88. The summed E-state index contributed by atoms with van der Waals surface area (Å²) in [5.41, 5.74) is 2.20. The molecule has 1 saturated heterocycles. The van der Waals surface area contributed by atoms with E-state index in [1.807, 2.05) is 42.6 Å². The zero-order chi connectivity index (χ0) is 17.5. The first-order chi connectivity index (χ1) is 12.3. The van der Waals surface area contributed by atoms with Crippen molar-refractivity contribution in [2.75, 3.05) is 18.0 Å². The van der Waals surface area contributed by atoms with Crippen molar-refractivity contribution in [3.05, 3.63) is 59.8 Å². The van der Waals surface area contributed by atoms with Gasteiger partial charge in [-0.3, -0.25) is 4.79 Å². The number of nitrogens with zero attached hydrogens (tertiary/aromatic N) is 2. The summed E-state index contributed by atoms with van der Waals surface area (Å²) < 4.78 is 0. The number of pyridine rings is 1. The van der Waals surface area contributed by atoms with E-state index >= 15 is 0 Å². The molecule has 0 spiro atoms. The summed E-state index contributed by atoms with van der Waals surface area (Å²) in [4.78, 5) is 19.5. The lowest BCUT2D eigenvalue weighted by Crippen LogP contribution is -2.29. The van der Waals surface area contributed by atoms with Gasteiger partial charge in [0.05, 0.1) is 5.92 Å². The summed E-state index contributed by atoms with van der Waals surface area (Å²) in [6.07, 6.45) is 6.17. The van der Waals surface area contributed by atoms with Crippen LogP contribution in [0.4, 0.5) is 5.82 Å². The summed E-state index contributed by atoms with van der Waals surface area (Å²) in [6.45, 7) is 4.83. The Morgan fingerprint density at radius 1 is 1.20 bits per heavy atom. The van der Waals surface area contributed by atoms with Crippen LogP contribution in [-0.4, -0.2) is 24.0 Å². The third-order valence-electron chi connectivity index (χ3n) is 4.80. The van der Waals surface area contributed by atoms with Crippen LogP contribution in [0.5, 0.6) is 0 Å². The zero-order valence-corrected chi connectivity index (χ0v) is 14.9. The fourth-order valence-corrected chi connectivity index (χ4v) is 3.43. The maximum absolute atomic E-state index is 12.7. The average molecular weight is 337 g/mol. The molecule has 1 aliphatic rings. The molecule has 1 aromatic carbocycles. The van der Waals surface area contributed by atoms with Crippen LogP contribution in [0.15, 0.2) is 48.7 Å². The van der Waals surface area contributed by atoms with E-state index in [4.69, 9.17) is 0 Å². The van der Waals surface area contributed by atoms with Gasteiger partial charge in [-0.15, -0.1) is 0 Å². The summed E-state index contributed by atoms with van der Waals surface area (Å²) in [5, 5.41) is 3.11. The number of anilines is 1. The minimum Gasteiger partial charge on any atom is -0.357 e. The zero-order valence-electron chi connectivity index (χ0n) is 14.9. The molecule has 132 valence electrons. The minimum absolute atomic E-state index is 0.0777. The quantitative estimate of drug-likeness (QED) is 0.834. The number of carbonyl (C=O) groups is 1. The van der Waals surface area contributed by atoms with E-state index in [-0.39, 0.29) is 11.8 Å².